The smallest absolute Gasteiger partial charge is 0.253 e. The van der Waals surface area contributed by atoms with Crippen LogP contribution in [0.5, 0.6) is 0 Å². The van der Waals surface area contributed by atoms with Gasteiger partial charge in [0.2, 0.25) is 0 Å². The number of amides is 1. The molecule has 5 nitrogen and oxygen atoms in total. The van der Waals surface area contributed by atoms with E-state index >= 15 is 0 Å². The number of carbonyl (C=O) groups excluding carboxylic acids is 1. The summed E-state index contributed by atoms with van der Waals surface area (Å²) >= 11 is 1.37. The van der Waals surface area contributed by atoms with Crippen molar-refractivity contribution >= 4 is 40.2 Å². The molecule has 1 unspecified atom stereocenters. The minimum Gasteiger partial charge on any atom is -0.355 e. The fraction of sp³-hybridized carbons (Fsp3) is 0.455. The molecule has 3 rings (SSSR count). The Morgan fingerprint density at radius 3 is 2.02 bits per heavy atom. The van der Waals surface area contributed by atoms with E-state index in [0.717, 1.165) is 28.2 Å². The van der Waals surface area contributed by atoms with Crippen LogP contribution in [0.25, 0.3) is 0 Å². The fourth-order valence-electron chi connectivity index (χ4n) is 2.68. The molecule has 0 saturated carbocycles. The van der Waals surface area contributed by atoms with Crippen LogP contribution in [0.1, 0.15) is 90.2 Å². The summed E-state index contributed by atoms with van der Waals surface area (Å²) in [7, 11) is 0.143. The van der Waals surface area contributed by atoms with Crippen molar-refractivity contribution in [1.29, 1.82) is 0 Å². The number of rotatable bonds is 5. The molecule has 42 heavy (non-hydrogen) atoms. The molecule has 0 aromatic heterocycles. The summed E-state index contributed by atoms with van der Waals surface area (Å²) in [5, 5.41) is 2.59. The van der Waals surface area contributed by atoms with Crippen LogP contribution in [-0.2, 0) is 11.0 Å². The van der Waals surface area contributed by atoms with Crippen molar-refractivity contribution in [3.8, 4) is 0 Å². The molecule has 0 radical (unpaired) electrons. The quantitative estimate of drug-likeness (QED) is 0.325. The maximum absolute atomic E-state index is 12.6. The van der Waals surface area contributed by atoms with E-state index in [1.807, 2.05) is 85.1 Å². The van der Waals surface area contributed by atoms with Gasteiger partial charge in [-0.1, -0.05) is 80.5 Å². The van der Waals surface area contributed by atoms with Gasteiger partial charge in [0.15, 0.2) is 0 Å². The Bertz CT molecular complexity index is 1150. The largest absolute Gasteiger partial charge is 0.355 e. The Morgan fingerprint density at radius 2 is 1.55 bits per heavy atom. The maximum atomic E-state index is 12.6. The average Bonchev–Trinajstić information content (AvgIpc) is 2.98. The van der Waals surface area contributed by atoms with Crippen molar-refractivity contribution in [1.82, 2.24) is 5.32 Å². The molecule has 0 heterocycles. The molecule has 9 heteroatoms. The van der Waals surface area contributed by atoms with E-state index in [0.29, 0.717) is 23.2 Å². The van der Waals surface area contributed by atoms with Crippen molar-refractivity contribution in [3.63, 3.8) is 0 Å². The van der Waals surface area contributed by atoms with Gasteiger partial charge >= 0.3 is 0 Å². The van der Waals surface area contributed by atoms with Crippen molar-refractivity contribution in [2.24, 2.45) is 10.3 Å². The number of carbonyl (C=O) groups is 1. The molecule has 0 fully saturated rings. The molecule has 2 aromatic carbocycles. The molecule has 2 N–H and O–H groups in total. The molecule has 1 aliphatic carbocycles. The zero-order valence-electron chi connectivity index (χ0n) is 27.8. The van der Waals surface area contributed by atoms with Gasteiger partial charge < -0.3 is 10.0 Å². The van der Waals surface area contributed by atoms with Crippen molar-refractivity contribution in [2.75, 3.05) is 18.0 Å². The Balaban J connectivity index is -0.000000659. The van der Waals surface area contributed by atoms with Gasteiger partial charge in [0.05, 0.1) is 17.0 Å². The van der Waals surface area contributed by atoms with Crippen LogP contribution in [0.2, 0.25) is 0 Å². The first kappa shape index (κ1) is 43.7. The molecular weight excluding hydrogens is 573 g/mol. The number of halogens is 2. The van der Waals surface area contributed by atoms with Gasteiger partial charge in [-0.05, 0) is 73.2 Å². The van der Waals surface area contributed by atoms with E-state index in [1.165, 1.54) is 24.1 Å². The third-order valence-corrected chi connectivity index (χ3v) is 5.94. The third kappa shape index (κ3) is 19.4. The number of anilines is 1. The van der Waals surface area contributed by atoms with E-state index < -0.39 is 22.6 Å². The lowest BCUT2D eigenvalue weighted by molar-refractivity contribution is 0.0964. The summed E-state index contributed by atoms with van der Waals surface area (Å²) in [5.41, 5.74) is 3.36. The second kappa shape index (κ2) is 27.1. The normalized spacial score (nSPS) is 12.6. The van der Waals surface area contributed by atoms with Crippen molar-refractivity contribution in [3.05, 3.63) is 87.9 Å². The number of nitrogens with one attached hydrogen (secondary N) is 2. The first-order valence-corrected chi connectivity index (χ1v) is 16.7. The van der Waals surface area contributed by atoms with E-state index in [4.69, 9.17) is 0 Å². The van der Waals surface area contributed by atoms with E-state index in [1.54, 1.807) is 20.0 Å². The monoisotopic (exact) mass is 625 g/mol. The number of hydrogen-bond acceptors (Lipinski definition) is 4. The van der Waals surface area contributed by atoms with E-state index in [9.17, 15) is 17.8 Å². The van der Waals surface area contributed by atoms with Gasteiger partial charge in [-0.2, -0.15) is 0 Å². The van der Waals surface area contributed by atoms with Crippen LogP contribution in [-0.4, -0.2) is 29.1 Å². The fourth-order valence-corrected chi connectivity index (χ4v) is 4.02. The van der Waals surface area contributed by atoms with Gasteiger partial charge in [0.1, 0.15) is 22.6 Å². The number of benzene rings is 2. The second-order valence-corrected chi connectivity index (χ2v) is 10.4. The predicted molar refractivity (Wildman–Crippen MR) is 185 cm³/mol. The Morgan fingerprint density at radius 1 is 0.976 bits per heavy atom. The molecule has 0 aliphatic heterocycles. The van der Waals surface area contributed by atoms with Crippen molar-refractivity contribution < 1.29 is 17.8 Å². The van der Waals surface area contributed by atoms with Crippen LogP contribution in [0.15, 0.2) is 63.9 Å². The maximum Gasteiger partial charge on any atom is 0.253 e. The minimum absolute atomic E-state index is 0.216. The molecular formula is C33H53F2N3O2S2. The molecule has 0 saturated heterocycles. The summed E-state index contributed by atoms with van der Waals surface area (Å²) in [6.45, 7) is 22.0. The lowest BCUT2D eigenvalue weighted by Crippen LogP contribution is -2.21. The molecule has 1 aliphatic rings. The summed E-state index contributed by atoms with van der Waals surface area (Å²) in [6.07, 6.45) is 7.97. The summed E-state index contributed by atoms with van der Waals surface area (Å²) in [6, 6.07) is 8.91. The highest BCUT2D eigenvalue weighted by Crippen LogP contribution is 2.22. The standard InChI is InChI=1S/C16H19N3O2S2.C7H6F2.C4H10.3C2H6/c1-11-7-8-14(16(20)17-2)15(9-11)19-23(21)13-6-4-5-12(10-13)18-22-3;1-5-2-3-6(8)4-7(5)9;1-4(2)3;3*1-2/h4-9,19H,10H2,1-3H3,(H,17,20);2-4H,1H3;4H,1-3H3;3*1-2H3/b18-12-;;;;;. The molecule has 238 valence electrons. The Hall–Kier alpha value is -2.78. The first-order valence-electron chi connectivity index (χ1n) is 14.4. The van der Waals surface area contributed by atoms with Gasteiger partial charge in [-0.25, -0.2) is 17.4 Å². The van der Waals surface area contributed by atoms with E-state index in [-0.39, 0.29) is 5.91 Å². The van der Waals surface area contributed by atoms with Crippen LogP contribution in [0.3, 0.4) is 0 Å². The predicted octanol–water partition coefficient (Wildman–Crippen LogP) is 10.0. The lowest BCUT2D eigenvalue weighted by atomic mass is 10.1. The molecule has 0 spiro atoms. The van der Waals surface area contributed by atoms with Crippen LogP contribution in [0, 0.1) is 31.4 Å². The Labute approximate surface area is 261 Å². The second-order valence-electron chi connectivity index (χ2n) is 8.56. The topological polar surface area (TPSA) is 70.6 Å². The van der Waals surface area contributed by atoms with Crippen molar-refractivity contribution in [2.45, 2.75) is 82.6 Å². The zero-order valence-corrected chi connectivity index (χ0v) is 29.4. The van der Waals surface area contributed by atoms with Crippen LogP contribution in [0.4, 0.5) is 14.5 Å². The SMILES string of the molecule is CC.CC.CC.CC(C)C.CNC(=O)c1ccc(C)cc1NS(=O)C1=CC=C/C(=N/SC)C1.Cc1ccc(F)cc1F. The van der Waals surface area contributed by atoms with Gasteiger partial charge in [0.25, 0.3) is 5.91 Å². The first-order chi connectivity index (χ1) is 20.0. The highest BCUT2D eigenvalue weighted by Gasteiger charge is 2.16. The van der Waals surface area contributed by atoms with Gasteiger partial charge in [0, 0.05) is 30.7 Å². The van der Waals surface area contributed by atoms with Crippen LogP contribution >= 0.6 is 11.9 Å². The average molecular weight is 626 g/mol. The molecule has 1 atom stereocenters. The number of aryl methyl sites for hydroxylation is 2. The van der Waals surface area contributed by atoms with Crippen LogP contribution < -0.4 is 10.0 Å². The molecule has 1 amide bonds. The number of allylic oxidation sites excluding steroid dienone is 4. The number of nitrogens with zero attached hydrogens (tertiary/aromatic N) is 1. The highest BCUT2D eigenvalue weighted by atomic mass is 32.2. The summed E-state index contributed by atoms with van der Waals surface area (Å²) in [4.78, 5) is 12.7. The highest BCUT2D eigenvalue weighted by molar-refractivity contribution is 7.97. The van der Waals surface area contributed by atoms with Gasteiger partial charge in [-0.3, -0.25) is 4.79 Å². The minimum atomic E-state index is -1.43. The lowest BCUT2D eigenvalue weighted by Gasteiger charge is -2.15. The molecule has 2 aromatic rings. The zero-order chi connectivity index (χ0) is 33.3. The van der Waals surface area contributed by atoms with E-state index in [2.05, 4.69) is 35.2 Å². The van der Waals surface area contributed by atoms with Gasteiger partial charge in [-0.15, -0.1) is 0 Å². The third-order valence-electron chi connectivity index (χ3n) is 4.36. The summed E-state index contributed by atoms with van der Waals surface area (Å²) in [5.74, 6) is -0.403. The Kier molecular flexibility index (Phi) is 28.2. The number of hydrogen-bond donors (Lipinski definition) is 2. The molecule has 0 bridgehead atoms. The summed E-state index contributed by atoms with van der Waals surface area (Å²) < 4.78 is 44.3.